The fourth-order valence-electron chi connectivity index (χ4n) is 3.23. The van der Waals surface area contributed by atoms with Gasteiger partial charge < -0.3 is 10.1 Å². The number of rotatable bonds is 6. The largest absolute Gasteiger partial charge is 0.483 e. The molecule has 1 saturated carbocycles. The minimum absolute atomic E-state index is 0.0878. The molecule has 0 radical (unpaired) electrons. The van der Waals surface area contributed by atoms with E-state index in [1.54, 1.807) is 0 Å². The number of thiocarbonyl (C=S) groups is 1. The SMILES string of the molecule is Cc1ccc(C(C)C)c(OCC(=O)NNC(=S)NC(=O)CC2CCCC2)c1. The van der Waals surface area contributed by atoms with Crippen LogP contribution in [0.4, 0.5) is 0 Å². The lowest BCUT2D eigenvalue weighted by molar-refractivity contribution is -0.124. The Morgan fingerprint density at radius 2 is 1.89 bits per heavy atom. The fraction of sp³-hybridized carbons (Fsp3) is 0.550. The molecule has 0 atom stereocenters. The van der Waals surface area contributed by atoms with Crippen LogP contribution in [0.2, 0.25) is 0 Å². The highest BCUT2D eigenvalue weighted by Crippen LogP contribution is 2.28. The molecule has 7 heteroatoms. The van der Waals surface area contributed by atoms with Gasteiger partial charge in [0.1, 0.15) is 5.75 Å². The van der Waals surface area contributed by atoms with Crippen molar-refractivity contribution in [1.29, 1.82) is 0 Å². The summed E-state index contributed by atoms with van der Waals surface area (Å²) in [6, 6.07) is 5.96. The van der Waals surface area contributed by atoms with Gasteiger partial charge in [-0.2, -0.15) is 0 Å². The number of carbonyl (C=O) groups is 2. The van der Waals surface area contributed by atoms with Crippen molar-refractivity contribution >= 4 is 29.1 Å². The molecule has 0 bridgehead atoms. The zero-order valence-corrected chi connectivity index (χ0v) is 17.1. The number of nitrogens with one attached hydrogen (secondary N) is 3. The molecule has 6 nitrogen and oxygen atoms in total. The van der Waals surface area contributed by atoms with Crippen LogP contribution in [-0.2, 0) is 9.59 Å². The van der Waals surface area contributed by atoms with Crippen LogP contribution in [-0.4, -0.2) is 23.5 Å². The van der Waals surface area contributed by atoms with Crippen molar-refractivity contribution < 1.29 is 14.3 Å². The quantitative estimate of drug-likeness (QED) is 0.513. The van der Waals surface area contributed by atoms with Crippen molar-refractivity contribution in [3.63, 3.8) is 0 Å². The maximum absolute atomic E-state index is 12.0. The first-order valence-corrected chi connectivity index (χ1v) is 9.88. The Morgan fingerprint density at radius 1 is 1.19 bits per heavy atom. The topological polar surface area (TPSA) is 79.5 Å². The van der Waals surface area contributed by atoms with E-state index in [4.69, 9.17) is 17.0 Å². The van der Waals surface area contributed by atoms with Gasteiger partial charge in [-0.3, -0.25) is 20.4 Å². The molecule has 1 aromatic rings. The fourth-order valence-corrected chi connectivity index (χ4v) is 3.40. The lowest BCUT2D eigenvalue weighted by Crippen LogP contribution is -2.49. The first-order chi connectivity index (χ1) is 12.8. The molecule has 0 heterocycles. The van der Waals surface area contributed by atoms with Crippen LogP contribution in [0.15, 0.2) is 18.2 Å². The van der Waals surface area contributed by atoms with Crippen LogP contribution in [0.5, 0.6) is 5.75 Å². The maximum Gasteiger partial charge on any atom is 0.276 e. The summed E-state index contributed by atoms with van der Waals surface area (Å²) in [6.07, 6.45) is 5.05. The number of carbonyl (C=O) groups excluding carboxylic acids is 2. The number of amides is 2. The van der Waals surface area contributed by atoms with Crippen LogP contribution in [0.25, 0.3) is 0 Å². The van der Waals surface area contributed by atoms with E-state index in [0.29, 0.717) is 24.0 Å². The highest BCUT2D eigenvalue weighted by Gasteiger charge is 2.19. The monoisotopic (exact) mass is 391 g/mol. The molecule has 2 rings (SSSR count). The lowest BCUT2D eigenvalue weighted by atomic mass is 10.0. The third-order valence-electron chi connectivity index (χ3n) is 4.67. The molecule has 148 valence electrons. The molecule has 1 aliphatic rings. The second kappa shape index (κ2) is 10.3. The molecule has 0 spiro atoms. The third-order valence-corrected chi connectivity index (χ3v) is 4.87. The first-order valence-electron chi connectivity index (χ1n) is 9.47. The van der Waals surface area contributed by atoms with Gasteiger partial charge in [-0.05, 0) is 61.0 Å². The summed E-state index contributed by atoms with van der Waals surface area (Å²) in [4.78, 5) is 23.9. The van der Waals surface area contributed by atoms with Crippen molar-refractivity contribution in [3.8, 4) is 5.75 Å². The van der Waals surface area contributed by atoms with Crippen LogP contribution >= 0.6 is 12.2 Å². The Morgan fingerprint density at radius 3 is 2.56 bits per heavy atom. The predicted molar refractivity (Wildman–Crippen MR) is 109 cm³/mol. The Balaban J connectivity index is 1.72. The summed E-state index contributed by atoms with van der Waals surface area (Å²) in [5.74, 6) is 0.946. The van der Waals surface area contributed by atoms with Gasteiger partial charge >= 0.3 is 0 Å². The molecule has 3 N–H and O–H groups in total. The van der Waals surface area contributed by atoms with Crippen LogP contribution in [0.3, 0.4) is 0 Å². The summed E-state index contributed by atoms with van der Waals surface area (Å²) in [5.41, 5.74) is 7.11. The normalized spacial score (nSPS) is 14.1. The van der Waals surface area contributed by atoms with Crippen molar-refractivity contribution in [1.82, 2.24) is 16.2 Å². The summed E-state index contributed by atoms with van der Waals surface area (Å²) in [5, 5.41) is 2.68. The second-order valence-corrected chi connectivity index (χ2v) is 7.80. The summed E-state index contributed by atoms with van der Waals surface area (Å²) in [6.45, 7) is 5.98. The molecule has 1 aromatic carbocycles. The van der Waals surface area contributed by atoms with Gasteiger partial charge in [-0.15, -0.1) is 0 Å². The molecule has 1 fully saturated rings. The summed E-state index contributed by atoms with van der Waals surface area (Å²) >= 11 is 5.04. The van der Waals surface area contributed by atoms with Crippen LogP contribution in [0, 0.1) is 12.8 Å². The first kappa shape index (κ1) is 21.2. The number of hydrogen-bond donors (Lipinski definition) is 3. The maximum atomic E-state index is 12.0. The molecule has 2 amide bonds. The van der Waals surface area contributed by atoms with Crippen molar-refractivity contribution in [2.24, 2.45) is 5.92 Å². The average Bonchev–Trinajstić information content (AvgIpc) is 3.10. The second-order valence-electron chi connectivity index (χ2n) is 7.39. The molecule has 0 aromatic heterocycles. The number of aryl methyl sites for hydroxylation is 1. The molecular weight excluding hydrogens is 362 g/mol. The number of ether oxygens (including phenoxy) is 1. The highest BCUT2D eigenvalue weighted by molar-refractivity contribution is 7.80. The molecular formula is C20H29N3O3S. The van der Waals surface area contributed by atoms with E-state index in [1.165, 1.54) is 12.8 Å². The minimum Gasteiger partial charge on any atom is -0.483 e. The van der Waals surface area contributed by atoms with Gasteiger partial charge in [0.2, 0.25) is 5.91 Å². The molecule has 0 unspecified atom stereocenters. The van der Waals surface area contributed by atoms with E-state index in [9.17, 15) is 9.59 Å². The van der Waals surface area contributed by atoms with Crippen LogP contribution < -0.4 is 20.9 Å². The zero-order valence-electron chi connectivity index (χ0n) is 16.3. The average molecular weight is 392 g/mol. The van der Waals surface area contributed by atoms with E-state index in [2.05, 4.69) is 30.0 Å². The minimum atomic E-state index is -0.376. The Labute approximate surface area is 166 Å². The predicted octanol–water partition coefficient (Wildman–Crippen LogP) is 3.10. The summed E-state index contributed by atoms with van der Waals surface area (Å²) < 4.78 is 5.66. The van der Waals surface area contributed by atoms with E-state index in [0.717, 1.165) is 24.0 Å². The van der Waals surface area contributed by atoms with E-state index in [-0.39, 0.29) is 23.5 Å². The Bertz CT molecular complexity index is 685. The molecule has 1 aliphatic carbocycles. The van der Waals surface area contributed by atoms with Crippen molar-refractivity contribution in [3.05, 3.63) is 29.3 Å². The van der Waals surface area contributed by atoms with E-state index >= 15 is 0 Å². The Hall–Kier alpha value is -2.15. The van der Waals surface area contributed by atoms with E-state index < -0.39 is 0 Å². The van der Waals surface area contributed by atoms with Crippen molar-refractivity contribution in [2.75, 3.05) is 6.61 Å². The molecule has 0 aliphatic heterocycles. The third kappa shape index (κ3) is 7.17. The van der Waals surface area contributed by atoms with Gasteiger partial charge in [0, 0.05) is 6.42 Å². The standard InChI is InChI=1S/C20H29N3O3S/c1-13(2)16-9-8-14(3)10-17(16)26-12-19(25)22-23-20(27)21-18(24)11-15-6-4-5-7-15/h8-10,13,15H,4-7,11-12H2,1-3H3,(H,22,25)(H2,21,23,24,27). The summed E-state index contributed by atoms with van der Waals surface area (Å²) in [7, 11) is 0. The van der Waals surface area contributed by atoms with Gasteiger partial charge in [-0.25, -0.2) is 0 Å². The van der Waals surface area contributed by atoms with Gasteiger partial charge in [-0.1, -0.05) is 38.8 Å². The van der Waals surface area contributed by atoms with Gasteiger partial charge in [0.05, 0.1) is 0 Å². The molecule has 27 heavy (non-hydrogen) atoms. The van der Waals surface area contributed by atoms with Crippen molar-refractivity contribution in [2.45, 2.75) is 58.8 Å². The highest BCUT2D eigenvalue weighted by atomic mass is 32.1. The van der Waals surface area contributed by atoms with Gasteiger partial charge in [0.25, 0.3) is 5.91 Å². The zero-order chi connectivity index (χ0) is 19.8. The number of benzene rings is 1. The Kier molecular flexibility index (Phi) is 8.03. The number of hydrogen-bond acceptors (Lipinski definition) is 4. The van der Waals surface area contributed by atoms with Crippen LogP contribution in [0.1, 0.15) is 63.0 Å². The van der Waals surface area contributed by atoms with E-state index in [1.807, 2.05) is 25.1 Å². The lowest BCUT2D eigenvalue weighted by Gasteiger charge is -2.15. The number of hydrazine groups is 1. The molecule has 0 saturated heterocycles. The van der Waals surface area contributed by atoms with Gasteiger partial charge in [0.15, 0.2) is 11.7 Å². The smallest absolute Gasteiger partial charge is 0.276 e.